The molecule has 3 heteroatoms. The Kier molecular flexibility index (Phi) is 5.86. The molecule has 1 aromatic rings. The average Bonchev–Trinajstić information content (AvgIpc) is 2.28. The monoisotopic (exact) mass is 225 g/mol. The van der Waals surface area contributed by atoms with Gasteiger partial charge in [0.15, 0.2) is 0 Å². The van der Waals surface area contributed by atoms with Crippen LogP contribution in [0, 0.1) is 5.82 Å². The summed E-state index contributed by atoms with van der Waals surface area (Å²) in [6.45, 7) is 6.01. The highest BCUT2D eigenvalue weighted by Gasteiger charge is 2.03. The molecule has 0 aromatic heterocycles. The molecule has 1 aromatic carbocycles. The summed E-state index contributed by atoms with van der Waals surface area (Å²) in [7, 11) is 0. The zero-order valence-corrected chi connectivity index (χ0v) is 10.0. The van der Waals surface area contributed by atoms with E-state index in [1.807, 2.05) is 6.92 Å². The quantitative estimate of drug-likeness (QED) is 0.720. The molecule has 0 aliphatic rings. The van der Waals surface area contributed by atoms with Crippen molar-refractivity contribution in [2.75, 3.05) is 13.1 Å². The highest BCUT2D eigenvalue weighted by atomic mass is 19.1. The second-order valence-corrected chi connectivity index (χ2v) is 3.94. The number of benzene rings is 1. The number of rotatable bonds is 7. The number of halogens is 1. The summed E-state index contributed by atoms with van der Waals surface area (Å²) in [6.07, 6.45) is 2.48. The molecule has 0 heterocycles. The van der Waals surface area contributed by atoms with Gasteiger partial charge >= 0.3 is 0 Å². The maximum atomic E-state index is 12.6. The Hall–Kier alpha value is -1.09. The molecule has 2 nitrogen and oxygen atoms in total. The van der Waals surface area contributed by atoms with E-state index in [0.29, 0.717) is 5.75 Å². The lowest BCUT2D eigenvalue weighted by Crippen LogP contribution is -2.29. The number of hydrogen-bond acceptors (Lipinski definition) is 2. The molecule has 0 aliphatic carbocycles. The first-order valence-electron chi connectivity index (χ1n) is 5.85. The lowest BCUT2D eigenvalue weighted by atomic mass is 10.3. The summed E-state index contributed by atoms with van der Waals surface area (Å²) in [4.78, 5) is 0. The Morgan fingerprint density at radius 2 is 2.00 bits per heavy atom. The van der Waals surface area contributed by atoms with E-state index in [-0.39, 0.29) is 11.9 Å². The number of nitrogens with one attached hydrogen (secondary N) is 1. The van der Waals surface area contributed by atoms with Gasteiger partial charge in [0.05, 0.1) is 0 Å². The normalized spacial score (nSPS) is 12.4. The summed E-state index contributed by atoms with van der Waals surface area (Å²) in [6, 6.07) is 6.12. The van der Waals surface area contributed by atoms with Crippen LogP contribution in [0.25, 0.3) is 0 Å². The Balaban J connectivity index is 2.23. The number of hydrogen-bond donors (Lipinski definition) is 1. The van der Waals surface area contributed by atoms with Gasteiger partial charge in [-0.15, -0.1) is 0 Å². The third-order valence-corrected chi connectivity index (χ3v) is 2.29. The summed E-state index contributed by atoms with van der Waals surface area (Å²) >= 11 is 0. The molecule has 1 atom stereocenters. The minimum atomic E-state index is -0.235. The van der Waals surface area contributed by atoms with Gasteiger partial charge in [0.2, 0.25) is 0 Å². The zero-order valence-electron chi connectivity index (χ0n) is 10.0. The maximum absolute atomic E-state index is 12.6. The van der Waals surface area contributed by atoms with Crippen LogP contribution in [0.3, 0.4) is 0 Å². The number of unbranched alkanes of at least 4 members (excludes halogenated alkanes) is 1. The van der Waals surface area contributed by atoms with Crippen molar-refractivity contribution in [3.63, 3.8) is 0 Å². The number of ether oxygens (including phenoxy) is 1. The summed E-state index contributed by atoms with van der Waals surface area (Å²) in [5, 5.41) is 3.32. The van der Waals surface area contributed by atoms with Crippen molar-refractivity contribution in [1.29, 1.82) is 0 Å². The van der Waals surface area contributed by atoms with Gasteiger partial charge in [-0.1, -0.05) is 13.3 Å². The smallest absolute Gasteiger partial charge is 0.123 e. The minimum absolute atomic E-state index is 0.0994. The molecule has 0 saturated carbocycles. The fourth-order valence-electron chi connectivity index (χ4n) is 1.39. The van der Waals surface area contributed by atoms with Crippen LogP contribution in [0.15, 0.2) is 24.3 Å². The van der Waals surface area contributed by atoms with Crippen LogP contribution in [-0.2, 0) is 0 Å². The van der Waals surface area contributed by atoms with E-state index in [1.165, 1.54) is 25.0 Å². The van der Waals surface area contributed by atoms with E-state index >= 15 is 0 Å². The molecular weight excluding hydrogens is 205 g/mol. The van der Waals surface area contributed by atoms with Crippen molar-refractivity contribution in [3.8, 4) is 5.75 Å². The highest BCUT2D eigenvalue weighted by Crippen LogP contribution is 2.12. The Morgan fingerprint density at radius 3 is 2.62 bits per heavy atom. The molecule has 0 aliphatic heterocycles. The van der Waals surface area contributed by atoms with Crippen LogP contribution in [0.5, 0.6) is 5.75 Å². The molecule has 0 bridgehead atoms. The highest BCUT2D eigenvalue weighted by molar-refractivity contribution is 5.22. The maximum Gasteiger partial charge on any atom is 0.123 e. The summed E-state index contributed by atoms with van der Waals surface area (Å²) in [5.74, 6) is 0.479. The molecule has 0 radical (unpaired) electrons. The Bertz CT molecular complexity index is 286. The third kappa shape index (κ3) is 5.12. The van der Waals surface area contributed by atoms with E-state index in [4.69, 9.17) is 4.74 Å². The lowest BCUT2D eigenvalue weighted by molar-refractivity contribution is 0.217. The van der Waals surface area contributed by atoms with Crippen LogP contribution in [0.1, 0.15) is 26.7 Å². The van der Waals surface area contributed by atoms with Gasteiger partial charge in [0.1, 0.15) is 17.7 Å². The molecule has 0 spiro atoms. The summed E-state index contributed by atoms with van der Waals surface area (Å²) < 4.78 is 18.3. The van der Waals surface area contributed by atoms with Gasteiger partial charge < -0.3 is 10.1 Å². The fraction of sp³-hybridized carbons (Fsp3) is 0.538. The van der Waals surface area contributed by atoms with E-state index in [9.17, 15) is 4.39 Å². The lowest BCUT2D eigenvalue weighted by Gasteiger charge is -2.15. The van der Waals surface area contributed by atoms with E-state index in [0.717, 1.165) is 13.1 Å². The molecule has 1 N–H and O–H groups in total. The van der Waals surface area contributed by atoms with Gasteiger partial charge in [0.25, 0.3) is 0 Å². The van der Waals surface area contributed by atoms with Crippen LogP contribution in [0.4, 0.5) is 4.39 Å². The molecule has 0 saturated heterocycles. The van der Waals surface area contributed by atoms with Gasteiger partial charge in [-0.2, -0.15) is 0 Å². The van der Waals surface area contributed by atoms with Gasteiger partial charge in [0, 0.05) is 6.54 Å². The molecule has 1 unspecified atom stereocenters. The third-order valence-electron chi connectivity index (χ3n) is 2.29. The molecule has 1 rings (SSSR count). The van der Waals surface area contributed by atoms with Crippen molar-refractivity contribution in [3.05, 3.63) is 30.1 Å². The van der Waals surface area contributed by atoms with Crippen molar-refractivity contribution >= 4 is 0 Å². The second kappa shape index (κ2) is 7.23. The van der Waals surface area contributed by atoms with Crippen LogP contribution in [-0.4, -0.2) is 19.2 Å². The van der Waals surface area contributed by atoms with Gasteiger partial charge in [-0.25, -0.2) is 4.39 Å². The predicted molar refractivity (Wildman–Crippen MR) is 64.3 cm³/mol. The topological polar surface area (TPSA) is 21.3 Å². The van der Waals surface area contributed by atoms with E-state index in [2.05, 4.69) is 12.2 Å². The van der Waals surface area contributed by atoms with Crippen molar-refractivity contribution in [1.82, 2.24) is 5.32 Å². The molecule has 16 heavy (non-hydrogen) atoms. The molecule has 0 amide bonds. The Labute approximate surface area is 96.8 Å². The Morgan fingerprint density at radius 1 is 1.31 bits per heavy atom. The first-order chi connectivity index (χ1) is 7.72. The van der Waals surface area contributed by atoms with E-state index in [1.54, 1.807) is 12.1 Å². The standard InChI is InChI=1S/C13H20FNO/c1-3-4-9-15-10-11(2)16-13-7-5-12(14)6-8-13/h5-8,11,15H,3-4,9-10H2,1-2H3. The van der Waals surface area contributed by atoms with Crippen molar-refractivity contribution in [2.24, 2.45) is 0 Å². The fourth-order valence-corrected chi connectivity index (χ4v) is 1.39. The van der Waals surface area contributed by atoms with Crippen LogP contribution in [0.2, 0.25) is 0 Å². The zero-order chi connectivity index (χ0) is 11.8. The van der Waals surface area contributed by atoms with E-state index < -0.39 is 0 Å². The van der Waals surface area contributed by atoms with Gasteiger partial charge in [-0.05, 0) is 44.2 Å². The minimum Gasteiger partial charge on any atom is -0.489 e. The van der Waals surface area contributed by atoms with Crippen LogP contribution < -0.4 is 10.1 Å². The van der Waals surface area contributed by atoms with Crippen LogP contribution >= 0.6 is 0 Å². The first kappa shape index (κ1) is 13.0. The van der Waals surface area contributed by atoms with Gasteiger partial charge in [-0.3, -0.25) is 0 Å². The van der Waals surface area contributed by atoms with Crippen molar-refractivity contribution < 1.29 is 9.13 Å². The molecular formula is C13H20FNO. The predicted octanol–water partition coefficient (Wildman–Crippen LogP) is 2.98. The largest absolute Gasteiger partial charge is 0.489 e. The second-order valence-electron chi connectivity index (χ2n) is 3.94. The first-order valence-corrected chi connectivity index (χ1v) is 5.85. The molecule has 90 valence electrons. The summed E-state index contributed by atoms with van der Waals surface area (Å²) in [5.41, 5.74) is 0. The van der Waals surface area contributed by atoms with Crippen molar-refractivity contribution in [2.45, 2.75) is 32.8 Å². The SMILES string of the molecule is CCCCNCC(C)Oc1ccc(F)cc1. The molecule has 0 fully saturated rings. The average molecular weight is 225 g/mol.